The third-order valence-electron chi connectivity index (χ3n) is 2.87. The molecule has 0 bridgehead atoms. The fourth-order valence-electron chi connectivity index (χ4n) is 1.79. The van der Waals surface area contributed by atoms with E-state index in [0.29, 0.717) is 6.61 Å². The Morgan fingerprint density at radius 1 is 1.14 bits per heavy atom. The first-order valence-corrected chi connectivity index (χ1v) is 7.92. The molecule has 0 spiro atoms. The predicted molar refractivity (Wildman–Crippen MR) is 92.0 cm³/mol. The normalized spacial score (nSPS) is 10.6. The van der Waals surface area contributed by atoms with E-state index in [9.17, 15) is 0 Å². The Balaban J connectivity index is 2.15. The van der Waals surface area contributed by atoms with Gasteiger partial charge in [0.25, 0.3) is 0 Å². The molecule has 0 aliphatic heterocycles. The highest BCUT2D eigenvalue weighted by molar-refractivity contribution is 9.11. The Morgan fingerprint density at radius 3 is 2.33 bits per heavy atom. The molecule has 0 N–H and O–H groups in total. The van der Waals surface area contributed by atoms with Gasteiger partial charge in [-0.3, -0.25) is 0 Å². The van der Waals surface area contributed by atoms with E-state index in [-0.39, 0.29) is 0 Å². The molecular weight excluding hydrogens is 394 g/mol. The van der Waals surface area contributed by atoms with E-state index in [0.717, 1.165) is 25.8 Å². The molecule has 0 radical (unpaired) electrons. The summed E-state index contributed by atoms with van der Waals surface area (Å²) in [6.45, 7) is 2.57. The Hall–Kier alpha value is -1.57. The smallest absolute Gasteiger partial charge is 0.148 e. The Labute approximate surface area is 141 Å². The number of ether oxygens (including phenoxy) is 1. The van der Waals surface area contributed by atoms with Crippen molar-refractivity contribution < 1.29 is 4.74 Å². The van der Waals surface area contributed by atoms with Crippen molar-refractivity contribution in [3.05, 3.63) is 68.1 Å². The lowest BCUT2D eigenvalue weighted by Crippen LogP contribution is -1.97. The number of hydrogen-bond donors (Lipinski definition) is 0. The summed E-state index contributed by atoms with van der Waals surface area (Å²) >= 11 is 7.01. The highest BCUT2D eigenvalue weighted by Crippen LogP contribution is 2.35. The van der Waals surface area contributed by atoms with Crippen LogP contribution in [0.3, 0.4) is 0 Å². The summed E-state index contributed by atoms with van der Waals surface area (Å²) in [6.07, 6.45) is 3.19. The summed E-state index contributed by atoms with van der Waals surface area (Å²) < 4.78 is 7.57. The number of rotatable bonds is 4. The molecule has 0 aliphatic carbocycles. The first kappa shape index (κ1) is 15.8. The van der Waals surface area contributed by atoms with E-state index in [2.05, 4.69) is 63.0 Å². The maximum absolute atomic E-state index is 8.57. The second-order valence-electron chi connectivity index (χ2n) is 4.55. The monoisotopic (exact) mass is 405 g/mol. The summed E-state index contributed by atoms with van der Waals surface area (Å²) in [6, 6.07) is 14.1. The van der Waals surface area contributed by atoms with Crippen LogP contribution in [-0.4, -0.2) is 0 Å². The van der Waals surface area contributed by atoms with Crippen molar-refractivity contribution in [2.24, 2.45) is 0 Å². The van der Waals surface area contributed by atoms with Gasteiger partial charge in [0.05, 0.1) is 15.0 Å². The number of hydrogen-bond acceptors (Lipinski definition) is 2. The van der Waals surface area contributed by atoms with Gasteiger partial charge in [0.15, 0.2) is 0 Å². The first-order valence-electron chi connectivity index (χ1n) is 6.33. The first-order chi connectivity index (χ1) is 10.1. The number of nitriles is 1. The zero-order valence-corrected chi connectivity index (χ0v) is 14.6. The van der Waals surface area contributed by atoms with E-state index in [4.69, 9.17) is 10.00 Å². The van der Waals surface area contributed by atoms with E-state index in [1.165, 1.54) is 11.6 Å². The van der Waals surface area contributed by atoms with E-state index < -0.39 is 0 Å². The summed E-state index contributed by atoms with van der Waals surface area (Å²) in [4.78, 5) is 0. The third-order valence-corrected chi connectivity index (χ3v) is 4.05. The van der Waals surface area contributed by atoms with Gasteiger partial charge in [-0.25, -0.2) is 0 Å². The fourth-order valence-corrected chi connectivity index (χ4v) is 3.24. The molecule has 0 heterocycles. The van der Waals surface area contributed by atoms with Gasteiger partial charge in [-0.1, -0.05) is 29.8 Å². The molecule has 0 saturated heterocycles. The van der Waals surface area contributed by atoms with Crippen LogP contribution in [0.5, 0.6) is 5.75 Å². The van der Waals surface area contributed by atoms with Crippen LogP contribution < -0.4 is 4.74 Å². The van der Waals surface area contributed by atoms with Crippen LogP contribution in [0, 0.1) is 18.3 Å². The summed E-state index contributed by atoms with van der Waals surface area (Å²) in [5.41, 5.74) is 3.28. The number of benzene rings is 2. The molecule has 2 aromatic carbocycles. The largest absolute Gasteiger partial charge is 0.487 e. The van der Waals surface area contributed by atoms with E-state index in [1.807, 2.05) is 18.2 Å². The Morgan fingerprint density at radius 2 is 1.76 bits per heavy atom. The molecule has 0 unspecified atom stereocenters. The lowest BCUT2D eigenvalue weighted by molar-refractivity contribution is 0.302. The zero-order valence-electron chi connectivity index (χ0n) is 11.4. The van der Waals surface area contributed by atoms with E-state index in [1.54, 1.807) is 6.08 Å². The molecule has 4 heteroatoms. The summed E-state index contributed by atoms with van der Waals surface area (Å²) in [7, 11) is 0. The second-order valence-corrected chi connectivity index (χ2v) is 6.26. The molecule has 2 rings (SSSR count). The van der Waals surface area contributed by atoms with Gasteiger partial charge < -0.3 is 4.74 Å². The summed E-state index contributed by atoms with van der Waals surface area (Å²) in [5.74, 6) is 0.754. The summed E-state index contributed by atoms with van der Waals surface area (Å²) in [5, 5.41) is 8.57. The number of allylic oxidation sites excluding steroid dienone is 1. The molecular formula is C17H13Br2NO. The van der Waals surface area contributed by atoms with Gasteiger partial charge in [0.2, 0.25) is 0 Å². The molecule has 0 aliphatic rings. The molecule has 0 saturated carbocycles. The maximum Gasteiger partial charge on any atom is 0.148 e. The van der Waals surface area contributed by atoms with Crippen molar-refractivity contribution in [3.8, 4) is 11.8 Å². The molecule has 106 valence electrons. The van der Waals surface area contributed by atoms with Gasteiger partial charge in [0.1, 0.15) is 12.4 Å². The van der Waals surface area contributed by atoms with Crippen LogP contribution >= 0.6 is 31.9 Å². The Kier molecular flexibility index (Phi) is 5.60. The van der Waals surface area contributed by atoms with Gasteiger partial charge in [0, 0.05) is 6.08 Å². The van der Waals surface area contributed by atoms with Crippen molar-refractivity contribution in [3.63, 3.8) is 0 Å². The molecule has 0 aromatic heterocycles. The number of aryl methyl sites for hydroxylation is 1. The van der Waals surface area contributed by atoms with Crippen molar-refractivity contribution in [2.45, 2.75) is 13.5 Å². The van der Waals surface area contributed by atoms with Crippen LogP contribution in [0.25, 0.3) is 6.08 Å². The maximum atomic E-state index is 8.57. The predicted octanol–water partition coefficient (Wildman–Crippen LogP) is 5.64. The minimum absolute atomic E-state index is 0.505. The average Bonchev–Trinajstić information content (AvgIpc) is 2.46. The molecule has 2 aromatic rings. The van der Waals surface area contributed by atoms with Gasteiger partial charge in [-0.15, -0.1) is 0 Å². The highest BCUT2D eigenvalue weighted by Gasteiger charge is 2.08. The quantitative estimate of drug-likeness (QED) is 0.615. The molecule has 2 nitrogen and oxygen atoms in total. The fraction of sp³-hybridized carbons (Fsp3) is 0.118. The lowest BCUT2D eigenvalue weighted by Gasteiger charge is -2.11. The molecule has 0 atom stereocenters. The minimum Gasteiger partial charge on any atom is -0.487 e. The Bertz CT molecular complexity index is 677. The molecule has 0 amide bonds. The lowest BCUT2D eigenvalue weighted by atomic mass is 10.2. The second kappa shape index (κ2) is 7.44. The number of halogens is 2. The van der Waals surface area contributed by atoms with Crippen molar-refractivity contribution in [1.29, 1.82) is 5.26 Å². The molecule has 0 fully saturated rings. The topological polar surface area (TPSA) is 33.0 Å². The molecule has 21 heavy (non-hydrogen) atoms. The van der Waals surface area contributed by atoms with Crippen molar-refractivity contribution in [1.82, 2.24) is 0 Å². The minimum atomic E-state index is 0.505. The van der Waals surface area contributed by atoms with Gasteiger partial charge in [-0.05, 0) is 68.1 Å². The van der Waals surface area contributed by atoms with Crippen LogP contribution in [-0.2, 0) is 6.61 Å². The van der Waals surface area contributed by atoms with Crippen LogP contribution in [0.1, 0.15) is 16.7 Å². The standard InChI is InChI=1S/C17H13Br2NO/c1-12-4-6-13(7-5-12)11-21-17-15(18)9-14(3-2-8-20)10-16(17)19/h2-7,9-10H,11H2,1H3. The zero-order chi connectivity index (χ0) is 15.2. The third kappa shape index (κ3) is 4.45. The van der Waals surface area contributed by atoms with Crippen molar-refractivity contribution in [2.75, 3.05) is 0 Å². The SMILES string of the molecule is Cc1ccc(COc2c(Br)cc(C=CC#N)cc2Br)cc1. The van der Waals surface area contributed by atoms with Gasteiger partial charge >= 0.3 is 0 Å². The van der Waals surface area contributed by atoms with Crippen LogP contribution in [0.2, 0.25) is 0 Å². The van der Waals surface area contributed by atoms with Crippen LogP contribution in [0.4, 0.5) is 0 Å². The van der Waals surface area contributed by atoms with Crippen LogP contribution in [0.15, 0.2) is 51.4 Å². The number of nitrogens with zero attached hydrogens (tertiary/aromatic N) is 1. The average molecular weight is 407 g/mol. The van der Waals surface area contributed by atoms with E-state index >= 15 is 0 Å². The highest BCUT2D eigenvalue weighted by atomic mass is 79.9. The van der Waals surface area contributed by atoms with Gasteiger partial charge in [-0.2, -0.15) is 5.26 Å². The van der Waals surface area contributed by atoms with Crippen molar-refractivity contribution >= 4 is 37.9 Å².